The first kappa shape index (κ1) is 19.9. The third-order valence-electron chi connectivity index (χ3n) is 4.39. The van der Waals surface area contributed by atoms with Gasteiger partial charge in [-0.3, -0.25) is 5.73 Å². The first-order chi connectivity index (χ1) is 13.6. The highest BCUT2D eigenvalue weighted by Crippen LogP contribution is 2.31. The van der Waals surface area contributed by atoms with Gasteiger partial charge < -0.3 is 0 Å². The lowest BCUT2D eigenvalue weighted by Gasteiger charge is -2.05. The molecule has 0 bridgehead atoms. The molecular weight excluding hydrogens is 518 g/mol. The van der Waals surface area contributed by atoms with Crippen molar-refractivity contribution in [1.82, 2.24) is 4.57 Å². The van der Waals surface area contributed by atoms with Crippen molar-refractivity contribution < 1.29 is 4.57 Å². The highest BCUT2D eigenvalue weighted by molar-refractivity contribution is 9.10. The van der Waals surface area contributed by atoms with E-state index in [0.29, 0.717) is 0 Å². The van der Waals surface area contributed by atoms with Crippen molar-refractivity contribution in [1.29, 1.82) is 0 Å². The summed E-state index contributed by atoms with van der Waals surface area (Å²) in [6, 6.07) is 24.9. The van der Waals surface area contributed by atoms with Crippen LogP contribution >= 0.6 is 55.4 Å². The molecule has 0 spiro atoms. The van der Waals surface area contributed by atoms with Crippen LogP contribution in [0.1, 0.15) is 0 Å². The van der Waals surface area contributed by atoms with E-state index in [1.807, 2.05) is 12.1 Å². The van der Waals surface area contributed by atoms with Crippen molar-refractivity contribution in [3.8, 4) is 0 Å². The van der Waals surface area contributed by atoms with Crippen molar-refractivity contribution >= 4 is 72.4 Å². The van der Waals surface area contributed by atoms with E-state index in [1.54, 1.807) is 23.5 Å². The van der Waals surface area contributed by atoms with Crippen LogP contribution < -0.4 is 10.3 Å². The number of halogens is 2. The Morgan fingerprint density at radius 1 is 0.786 bits per heavy atom. The molecule has 4 aromatic rings. The van der Waals surface area contributed by atoms with Crippen molar-refractivity contribution in [2.75, 3.05) is 5.73 Å². The van der Waals surface area contributed by atoms with Crippen molar-refractivity contribution in [2.24, 2.45) is 0 Å². The SMILES string of the molecule is Nc1n(CSc2ccccc2Br)c2ccccc2[n+]1CSc1ccccc1Br. The average Bonchev–Trinajstić information content (AvgIpc) is 2.98. The summed E-state index contributed by atoms with van der Waals surface area (Å²) in [5.74, 6) is 2.27. The molecule has 142 valence electrons. The lowest BCUT2D eigenvalue weighted by Crippen LogP contribution is -2.35. The topological polar surface area (TPSA) is 34.8 Å². The van der Waals surface area contributed by atoms with E-state index in [1.165, 1.54) is 9.79 Å². The molecule has 4 rings (SSSR count). The fourth-order valence-corrected chi connectivity index (χ4v) is 6.07. The summed E-state index contributed by atoms with van der Waals surface area (Å²) >= 11 is 10.8. The van der Waals surface area contributed by atoms with Crippen LogP contribution in [0.5, 0.6) is 0 Å². The molecule has 2 N–H and O–H groups in total. The summed E-state index contributed by atoms with van der Waals surface area (Å²) in [7, 11) is 0. The first-order valence-corrected chi connectivity index (χ1v) is 12.2. The van der Waals surface area contributed by atoms with Gasteiger partial charge in [0.1, 0.15) is 22.8 Å². The molecule has 3 nitrogen and oxygen atoms in total. The van der Waals surface area contributed by atoms with E-state index in [0.717, 1.165) is 37.7 Å². The molecule has 0 saturated heterocycles. The van der Waals surface area contributed by atoms with Crippen LogP contribution in [0, 0.1) is 0 Å². The number of nitrogens with two attached hydrogens (primary N) is 1. The standard InChI is InChI=1S/C21H17Br2N3S2/c22-15-7-1-5-11-19(15)27-13-25-17-9-3-4-10-18(17)26(21(25)24)14-28-20-12-6-2-8-16(20)23/h1-12,24H,13-14H2/p+1. The van der Waals surface area contributed by atoms with Gasteiger partial charge in [0.15, 0.2) is 0 Å². The molecule has 1 heterocycles. The molecule has 0 unspecified atom stereocenters. The summed E-state index contributed by atoms with van der Waals surface area (Å²) in [5.41, 5.74) is 8.89. The van der Waals surface area contributed by atoms with Crippen LogP contribution in [0.3, 0.4) is 0 Å². The average molecular weight is 536 g/mol. The van der Waals surface area contributed by atoms with Gasteiger partial charge in [-0.2, -0.15) is 0 Å². The van der Waals surface area contributed by atoms with Gasteiger partial charge in [0, 0.05) is 18.7 Å². The fraction of sp³-hybridized carbons (Fsp3) is 0.0952. The van der Waals surface area contributed by atoms with Crippen LogP contribution in [0.2, 0.25) is 0 Å². The quantitative estimate of drug-likeness (QED) is 0.225. The molecule has 28 heavy (non-hydrogen) atoms. The summed E-state index contributed by atoms with van der Waals surface area (Å²) in [6.45, 7) is 0. The van der Waals surface area contributed by atoms with Crippen LogP contribution in [0.25, 0.3) is 11.0 Å². The fourth-order valence-electron chi connectivity index (χ4n) is 2.98. The molecule has 0 atom stereocenters. The maximum Gasteiger partial charge on any atom is 0.357 e. The number of para-hydroxylation sites is 2. The monoisotopic (exact) mass is 534 g/mol. The predicted octanol–water partition coefficient (Wildman–Crippen LogP) is 6.54. The van der Waals surface area contributed by atoms with Crippen LogP contribution in [-0.2, 0) is 11.8 Å². The van der Waals surface area contributed by atoms with Crippen LogP contribution in [-0.4, -0.2) is 4.57 Å². The second kappa shape index (κ2) is 8.95. The number of nitrogens with zero attached hydrogens (tertiary/aromatic N) is 2. The first-order valence-electron chi connectivity index (χ1n) is 8.66. The van der Waals surface area contributed by atoms with Gasteiger partial charge in [-0.1, -0.05) is 59.9 Å². The number of hydrogen-bond acceptors (Lipinski definition) is 3. The maximum atomic E-state index is 6.60. The third kappa shape index (κ3) is 4.13. The number of anilines is 1. The highest BCUT2D eigenvalue weighted by atomic mass is 79.9. The number of aromatic nitrogens is 2. The zero-order valence-corrected chi connectivity index (χ0v) is 19.7. The van der Waals surface area contributed by atoms with Crippen LogP contribution in [0.15, 0.2) is 91.5 Å². The molecule has 0 radical (unpaired) electrons. The molecule has 0 fully saturated rings. The minimum atomic E-state index is 0.752. The Labute approximate surface area is 189 Å². The normalized spacial score (nSPS) is 11.2. The van der Waals surface area contributed by atoms with Gasteiger partial charge in [0.05, 0.1) is 0 Å². The molecule has 7 heteroatoms. The molecule has 0 amide bonds. The second-order valence-corrected chi connectivity index (χ2v) is 9.79. The zero-order valence-electron chi connectivity index (χ0n) is 14.9. The van der Waals surface area contributed by atoms with Crippen molar-refractivity contribution in [3.63, 3.8) is 0 Å². The van der Waals surface area contributed by atoms with Gasteiger partial charge >= 0.3 is 5.95 Å². The number of nitrogen functional groups attached to an aromatic ring is 1. The number of benzene rings is 3. The van der Waals surface area contributed by atoms with Gasteiger partial charge in [-0.15, -0.1) is 0 Å². The third-order valence-corrected chi connectivity index (χ3v) is 8.40. The summed E-state index contributed by atoms with van der Waals surface area (Å²) in [6.07, 6.45) is 0. The van der Waals surface area contributed by atoms with Crippen LogP contribution in [0.4, 0.5) is 5.95 Å². The smallest absolute Gasteiger partial charge is 0.290 e. The Morgan fingerprint density at radius 3 is 2.04 bits per heavy atom. The van der Waals surface area contributed by atoms with E-state index >= 15 is 0 Å². The van der Waals surface area contributed by atoms with E-state index < -0.39 is 0 Å². The molecule has 3 aromatic carbocycles. The molecular formula is C21H18Br2N3S2+. The summed E-state index contributed by atoms with van der Waals surface area (Å²) in [5, 5.41) is 0. The van der Waals surface area contributed by atoms with E-state index in [2.05, 4.69) is 102 Å². The predicted molar refractivity (Wildman–Crippen MR) is 127 cm³/mol. The molecule has 0 saturated carbocycles. The Balaban J connectivity index is 1.64. The zero-order chi connectivity index (χ0) is 19.5. The van der Waals surface area contributed by atoms with E-state index in [4.69, 9.17) is 5.73 Å². The van der Waals surface area contributed by atoms with E-state index in [-0.39, 0.29) is 0 Å². The number of rotatable bonds is 6. The molecule has 0 aliphatic heterocycles. The Bertz CT molecular complexity index is 1040. The largest absolute Gasteiger partial charge is 0.357 e. The second-order valence-electron chi connectivity index (χ2n) is 6.11. The number of thioether (sulfide) groups is 2. The number of fused-ring (bicyclic) bond motifs is 1. The van der Waals surface area contributed by atoms with Gasteiger partial charge in [-0.25, -0.2) is 9.13 Å². The van der Waals surface area contributed by atoms with Gasteiger partial charge in [0.2, 0.25) is 0 Å². The van der Waals surface area contributed by atoms with Crippen molar-refractivity contribution in [3.05, 3.63) is 81.7 Å². The number of hydrogen-bond donors (Lipinski definition) is 1. The highest BCUT2D eigenvalue weighted by Gasteiger charge is 2.21. The summed E-state index contributed by atoms with van der Waals surface area (Å²) in [4.78, 5) is 2.41. The minimum Gasteiger partial charge on any atom is -0.290 e. The van der Waals surface area contributed by atoms with E-state index in [9.17, 15) is 0 Å². The van der Waals surface area contributed by atoms with Gasteiger partial charge in [0.25, 0.3) is 0 Å². The van der Waals surface area contributed by atoms with Gasteiger partial charge in [-0.05, 0) is 68.3 Å². The lowest BCUT2D eigenvalue weighted by atomic mass is 10.3. The summed E-state index contributed by atoms with van der Waals surface area (Å²) < 4.78 is 6.57. The molecule has 0 aliphatic carbocycles. The maximum absolute atomic E-state index is 6.60. The lowest BCUT2D eigenvalue weighted by molar-refractivity contribution is -0.635. The Hall–Kier alpha value is -1.41. The van der Waals surface area contributed by atoms with Crippen molar-refractivity contribution in [2.45, 2.75) is 21.5 Å². The Kier molecular flexibility index (Phi) is 6.35. The number of imidazole rings is 1. The Morgan fingerprint density at radius 2 is 1.36 bits per heavy atom. The molecule has 0 aliphatic rings. The minimum absolute atomic E-state index is 0.752. The molecule has 1 aromatic heterocycles.